The fraction of sp³-hybridized carbons (Fsp3) is 0.176. The average molecular weight is 377 g/mol. The predicted molar refractivity (Wildman–Crippen MR) is 94.0 cm³/mol. The first-order valence-electron chi connectivity index (χ1n) is 7.44. The second kappa shape index (κ2) is 7.25. The Balaban J connectivity index is 1.83. The summed E-state index contributed by atoms with van der Waals surface area (Å²) in [5, 5.41) is 6.85. The van der Waals surface area contributed by atoms with E-state index in [0.29, 0.717) is 10.8 Å². The minimum Gasteiger partial charge on any atom is -0.461 e. The van der Waals surface area contributed by atoms with Gasteiger partial charge in [-0.25, -0.2) is 4.79 Å². The number of hydrogen-bond acceptors (Lipinski definition) is 6. The van der Waals surface area contributed by atoms with Gasteiger partial charge in [0.15, 0.2) is 5.69 Å². The third kappa shape index (κ3) is 3.52. The van der Waals surface area contributed by atoms with Crippen LogP contribution in [0, 0.1) is 0 Å². The van der Waals surface area contributed by atoms with E-state index in [2.05, 4.69) is 10.2 Å². The maximum Gasteiger partial charge on any atom is 0.357 e. The first kappa shape index (κ1) is 17.4. The number of benzene rings is 1. The minimum absolute atomic E-state index is 0.0236. The summed E-state index contributed by atoms with van der Waals surface area (Å²) in [6.45, 7) is 1.81. The lowest BCUT2D eigenvalue weighted by molar-refractivity contribution is 0.0516. The maximum atomic E-state index is 12.7. The molecule has 0 aliphatic heterocycles. The fourth-order valence-corrected chi connectivity index (χ4v) is 3.38. The van der Waals surface area contributed by atoms with Crippen LogP contribution in [-0.2, 0) is 10.5 Å². The van der Waals surface area contributed by atoms with Crippen molar-refractivity contribution in [1.29, 1.82) is 0 Å². The van der Waals surface area contributed by atoms with Crippen LogP contribution in [0.25, 0.3) is 0 Å². The molecule has 0 unspecified atom stereocenters. The Morgan fingerprint density at radius 1 is 1.28 bits per heavy atom. The molecule has 3 rings (SSSR count). The Morgan fingerprint density at radius 3 is 2.68 bits per heavy atom. The Morgan fingerprint density at radius 2 is 2.00 bits per heavy atom. The SMILES string of the molecule is CCOC(=O)c1[nH]nc2c1C(=O)C(SCc1ccc(Cl)cc1)=CC2=O. The number of halogens is 1. The van der Waals surface area contributed by atoms with E-state index in [9.17, 15) is 14.4 Å². The molecule has 0 spiro atoms. The topological polar surface area (TPSA) is 89.1 Å². The molecule has 0 atom stereocenters. The number of esters is 1. The lowest BCUT2D eigenvalue weighted by Gasteiger charge is -2.11. The summed E-state index contributed by atoms with van der Waals surface area (Å²) in [6, 6.07) is 7.20. The molecule has 0 fully saturated rings. The molecule has 1 aromatic heterocycles. The van der Waals surface area contributed by atoms with Crippen LogP contribution in [0.5, 0.6) is 0 Å². The van der Waals surface area contributed by atoms with Crippen LogP contribution in [0.3, 0.4) is 0 Å². The molecule has 8 heteroatoms. The number of nitrogens with one attached hydrogen (secondary N) is 1. The summed E-state index contributed by atoms with van der Waals surface area (Å²) in [7, 11) is 0. The number of Topliss-reactive ketones (excluding diaryl/α,β-unsaturated/α-hetero) is 1. The minimum atomic E-state index is -0.707. The van der Waals surface area contributed by atoms with Gasteiger partial charge >= 0.3 is 5.97 Å². The zero-order chi connectivity index (χ0) is 18.0. The summed E-state index contributed by atoms with van der Waals surface area (Å²) in [6.07, 6.45) is 1.25. The van der Waals surface area contributed by atoms with Gasteiger partial charge in [0.25, 0.3) is 0 Å². The largest absolute Gasteiger partial charge is 0.461 e. The molecular weight excluding hydrogens is 364 g/mol. The molecule has 0 bridgehead atoms. The van der Waals surface area contributed by atoms with E-state index in [1.807, 2.05) is 12.1 Å². The van der Waals surface area contributed by atoms with Crippen molar-refractivity contribution in [3.05, 3.63) is 62.8 Å². The van der Waals surface area contributed by atoms with Crippen molar-refractivity contribution in [2.75, 3.05) is 6.61 Å². The summed E-state index contributed by atoms with van der Waals surface area (Å²) >= 11 is 7.07. The van der Waals surface area contributed by atoms with E-state index < -0.39 is 17.5 Å². The van der Waals surface area contributed by atoms with E-state index in [-0.39, 0.29) is 28.5 Å². The number of carbonyl (C=O) groups excluding carboxylic acids is 3. The van der Waals surface area contributed by atoms with Gasteiger partial charge in [-0.05, 0) is 24.6 Å². The first-order valence-corrected chi connectivity index (χ1v) is 8.81. The standard InChI is InChI=1S/C17H13ClN2O4S/c1-2-24-17(23)15-13-14(19-20-15)11(21)7-12(16(13)22)25-8-9-3-5-10(18)6-4-9/h3-7H,2,8H2,1H3,(H,19,20). The van der Waals surface area contributed by atoms with E-state index >= 15 is 0 Å². The normalized spacial score (nSPS) is 13.4. The number of carbonyl (C=O) groups is 3. The number of aromatic amines is 1. The van der Waals surface area contributed by atoms with Gasteiger partial charge in [0, 0.05) is 16.9 Å². The van der Waals surface area contributed by atoms with Crippen molar-refractivity contribution < 1.29 is 19.1 Å². The van der Waals surface area contributed by atoms with Gasteiger partial charge in [-0.3, -0.25) is 14.7 Å². The quantitative estimate of drug-likeness (QED) is 0.804. The molecule has 0 amide bonds. The van der Waals surface area contributed by atoms with Gasteiger partial charge in [0.2, 0.25) is 11.6 Å². The molecule has 1 N–H and O–H groups in total. The average Bonchev–Trinajstić information content (AvgIpc) is 3.04. The Hall–Kier alpha value is -2.38. The number of thioether (sulfide) groups is 1. The van der Waals surface area contributed by atoms with Gasteiger partial charge in [0.1, 0.15) is 5.69 Å². The summed E-state index contributed by atoms with van der Waals surface area (Å²) in [5.74, 6) is -1.05. The van der Waals surface area contributed by atoms with Gasteiger partial charge in [-0.1, -0.05) is 23.7 Å². The molecule has 2 aromatic rings. The maximum absolute atomic E-state index is 12.7. The third-order valence-electron chi connectivity index (χ3n) is 3.50. The predicted octanol–water partition coefficient (Wildman–Crippen LogP) is 3.44. The number of ketones is 2. The van der Waals surface area contributed by atoms with E-state index in [1.165, 1.54) is 17.8 Å². The number of H-pyrrole nitrogens is 1. The van der Waals surface area contributed by atoms with Gasteiger partial charge in [-0.2, -0.15) is 5.10 Å². The van der Waals surface area contributed by atoms with Crippen molar-refractivity contribution >= 4 is 40.9 Å². The smallest absolute Gasteiger partial charge is 0.357 e. The lowest BCUT2D eigenvalue weighted by Crippen LogP contribution is -2.18. The number of allylic oxidation sites excluding steroid dienone is 2. The summed E-state index contributed by atoms with van der Waals surface area (Å²) < 4.78 is 4.90. The number of rotatable bonds is 5. The molecule has 0 saturated heterocycles. The number of aromatic nitrogens is 2. The zero-order valence-corrected chi connectivity index (χ0v) is 14.7. The van der Waals surface area contributed by atoms with E-state index in [0.717, 1.165) is 5.56 Å². The molecule has 1 aromatic carbocycles. The molecule has 0 radical (unpaired) electrons. The second-order valence-electron chi connectivity index (χ2n) is 5.16. The van der Waals surface area contributed by atoms with Crippen LogP contribution in [0.1, 0.15) is 43.8 Å². The van der Waals surface area contributed by atoms with E-state index in [4.69, 9.17) is 16.3 Å². The highest BCUT2D eigenvalue weighted by Gasteiger charge is 2.34. The lowest BCUT2D eigenvalue weighted by atomic mass is 9.99. The van der Waals surface area contributed by atoms with Gasteiger partial charge < -0.3 is 4.74 Å². The molecule has 1 aliphatic rings. The van der Waals surface area contributed by atoms with Crippen LogP contribution in [-0.4, -0.2) is 34.3 Å². The second-order valence-corrected chi connectivity index (χ2v) is 6.61. The van der Waals surface area contributed by atoms with Crippen molar-refractivity contribution in [3.8, 4) is 0 Å². The highest BCUT2D eigenvalue weighted by Crippen LogP contribution is 2.31. The Kier molecular flexibility index (Phi) is 5.06. The summed E-state index contributed by atoms with van der Waals surface area (Å²) in [5.41, 5.74) is 0.792. The Bertz CT molecular complexity index is 887. The monoisotopic (exact) mass is 376 g/mol. The summed E-state index contributed by atoms with van der Waals surface area (Å²) in [4.78, 5) is 37.1. The first-order chi connectivity index (χ1) is 12.0. The highest BCUT2D eigenvalue weighted by atomic mass is 35.5. The van der Waals surface area contributed by atoms with Crippen molar-refractivity contribution in [1.82, 2.24) is 10.2 Å². The molecule has 25 heavy (non-hydrogen) atoms. The van der Waals surface area contributed by atoms with Crippen LogP contribution in [0.4, 0.5) is 0 Å². The zero-order valence-electron chi connectivity index (χ0n) is 13.2. The van der Waals surface area contributed by atoms with Crippen LogP contribution in [0.2, 0.25) is 5.02 Å². The number of nitrogens with zero attached hydrogens (tertiary/aromatic N) is 1. The molecule has 128 valence electrons. The highest BCUT2D eigenvalue weighted by molar-refractivity contribution is 8.03. The van der Waals surface area contributed by atoms with Crippen LogP contribution < -0.4 is 0 Å². The van der Waals surface area contributed by atoms with Crippen LogP contribution in [0.15, 0.2) is 35.2 Å². The van der Waals surface area contributed by atoms with Crippen molar-refractivity contribution in [2.24, 2.45) is 0 Å². The number of ether oxygens (including phenoxy) is 1. The fourth-order valence-electron chi connectivity index (χ4n) is 2.32. The number of fused-ring (bicyclic) bond motifs is 1. The van der Waals surface area contributed by atoms with Gasteiger partial charge in [0.05, 0.1) is 17.1 Å². The number of hydrogen-bond donors (Lipinski definition) is 1. The van der Waals surface area contributed by atoms with Crippen molar-refractivity contribution in [3.63, 3.8) is 0 Å². The van der Waals surface area contributed by atoms with Crippen LogP contribution >= 0.6 is 23.4 Å². The molecule has 1 heterocycles. The Labute approximate surface area is 152 Å². The third-order valence-corrected chi connectivity index (χ3v) is 4.84. The molecule has 0 saturated carbocycles. The molecule has 1 aliphatic carbocycles. The van der Waals surface area contributed by atoms with Crippen molar-refractivity contribution in [2.45, 2.75) is 12.7 Å². The van der Waals surface area contributed by atoms with Gasteiger partial charge in [-0.15, -0.1) is 11.8 Å². The molecular formula is C17H13ClN2O4S. The molecule has 6 nitrogen and oxygen atoms in total. The van der Waals surface area contributed by atoms with E-state index in [1.54, 1.807) is 19.1 Å².